The van der Waals surface area contributed by atoms with Crippen molar-refractivity contribution in [3.63, 3.8) is 0 Å². The predicted molar refractivity (Wildman–Crippen MR) is 118 cm³/mol. The molecular weight excluding hydrogens is 396 g/mol. The molecule has 0 bridgehead atoms. The molecule has 9 nitrogen and oxygen atoms in total. The highest BCUT2D eigenvalue weighted by Gasteiger charge is 2.22. The Bertz CT molecular complexity index is 1100. The lowest BCUT2D eigenvalue weighted by Crippen LogP contribution is -2.27. The maximum Gasteiger partial charge on any atom is 0.258 e. The molecule has 1 aliphatic rings. The van der Waals surface area contributed by atoms with Crippen LogP contribution in [0.1, 0.15) is 40.0 Å². The summed E-state index contributed by atoms with van der Waals surface area (Å²) in [4.78, 5) is 36.4. The van der Waals surface area contributed by atoms with Crippen molar-refractivity contribution < 1.29 is 14.3 Å². The fraction of sp³-hybridized carbons (Fsp3) is 0.364. The molecule has 0 spiro atoms. The van der Waals surface area contributed by atoms with Gasteiger partial charge in [-0.3, -0.25) is 19.5 Å². The molecule has 0 atom stereocenters. The molecule has 0 unspecified atom stereocenters. The first-order valence-electron chi connectivity index (χ1n) is 10.4. The molecule has 1 aromatic carbocycles. The Kier molecular flexibility index (Phi) is 6.13. The smallest absolute Gasteiger partial charge is 0.258 e. The number of aromatic nitrogens is 3. The van der Waals surface area contributed by atoms with Crippen molar-refractivity contribution in [1.29, 1.82) is 0 Å². The molecule has 0 saturated carbocycles. The lowest BCUT2D eigenvalue weighted by molar-refractivity contribution is 0.0792. The maximum absolute atomic E-state index is 12.7. The van der Waals surface area contributed by atoms with Crippen LogP contribution in [0.4, 0.5) is 11.6 Å². The highest BCUT2D eigenvalue weighted by atomic mass is 16.5. The molecule has 162 valence electrons. The van der Waals surface area contributed by atoms with Gasteiger partial charge in [0.1, 0.15) is 5.52 Å². The summed E-state index contributed by atoms with van der Waals surface area (Å²) in [5.74, 6) is 0.0203. The van der Waals surface area contributed by atoms with Gasteiger partial charge in [0.25, 0.3) is 11.8 Å². The normalized spacial score (nSPS) is 13.6. The molecule has 3 aromatic rings. The fourth-order valence-corrected chi connectivity index (χ4v) is 3.76. The zero-order valence-corrected chi connectivity index (χ0v) is 17.5. The van der Waals surface area contributed by atoms with Crippen molar-refractivity contribution in [2.24, 2.45) is 0 Å². The number of amides is 2. The van der Waals surface area contributed by atoms with Crippen LogP contribution in [0.3, 0.4) is 0 Å². The summed E-state index contributed by atoms with van der Waals surface area (Å²) in [5, 5.41) is 2.86. The monoisotopic (exact) mass is 422 g/mol. The molecule has 4 rings (SSSR count). The number of hydrogen-bond acceptors (Lipinski definition) is 6. The average Bonchev–Trinajstić information content (AvgIpc) is 3.41. The number of nitrogen functional groups attached to an aromatic ring is 1. The minimum Gasteiger partial charge on any atom is -0.399 e. The Balaban J connectivity index is 1.65. The molecule has 31 heavy (non-hydrogen) atoms. The number of imidazole rings is 1. The van der Waals surface area contributed by atoms with Gasteiger partial charge < -0.3 is 15.4 Å². The van der Waals surface area contributed by atoms with E-state index in [0.717, 1.165) is 32.4 Å². The number of nitrogens with two attached hydrogens (primary N) is 1. The van der Waals surface area contributed by atoms with Crippen LogP contribution in [0.15, 0.2) is 36.5 Å². The predicted octanol–water partition coefficient (Wildman–Crippen LogP) is 2.54. The SMILES string of the molecule is COCCCn1c(NC(=O)c2cccc(N)c2)nc2cc(C(=O)N3CCCC3)cnc21. The number of fused-ring (bicyclic) bond motifs is 1. The van der Waals surface area contributed by atoms with E-state index in [2.05, 4.69) is 15.3 Å². The van der Waals surface area contributed by atoms with E-state index in [4.69, 9.17) is 10.5 Å². The first-order valence-corrected chi connectivity index (χ1v) is 10.4. The summed E-state index contributed by atoms with van der Waals surface area (Å²) in [6, 6.07) is 8.49. The van der Waals surface area contributed by atoms with E-state index < -0.39 is 0 Å². The van der Waals surface area contributed by atoms with Crippen molar-refractivity contribution in [2.45, 2.75) is 25.8 Å². The zero-order chi connectivity index (χ0) is 21.8. The lowest BCUT2D eigenvalue weighted by atomic mass is 10.2. The third-order valence-electron chi connectivity index (χ3n) is 5.33. The molecular formula is C22H26N6O3. The number of rotatable bonds is 7. The zero-order valence-electron chi connectivity index (χ0n) is 17.5. The number of anilines is 2. The maximum atomic E-state index is 12.7. The second-order valence-electron chi connectivity index (χ2n) is 7.58. The van der Waals surface area contributed by atoms with Crippen LogP contribution in [0.2, 0.25) is 0 Å². The molecule has 3 N–H and O–H groups in total. The Morgan fingerprint density at radius 1 is 1.19 bits per heavy atom. The van der Waals surface area contributed by atoms with Gasteiger partial charge in [0, 0.05) is 50.8 Å². The first-order chi connectivity index (χ1) is 15.1. The van der Waals surface area contributed by atoms with Crippen molar-refractivity contribution in [3.8, 4) is 0 Å². The number of carbonyl (C=O) groups is 2. The van der Waals surface area contributed by atoms with Crippen LogP contribution >= 0.6 is 0 Å². The Morgan fingerprint density at radius 2 is 2.00 bits per heavy atom. The number of aryl methyl sites for hydroxylation is 1. The van der Waals surface area contributed by atoms with E-state index in [1.807, 2.05) is 9.47 Å². The summed E-state index contributed by atoms with van der Waals surface area (Å²) in [7, 11) is 1.64. The summed E-state index contributed by atoms with van der Waals surface area (Å²) >= 11 is 0. The molecule has 9 heteroatoms. The van der Waals surface area contributed by atoms with Gasteiger partial charge in [0.2, 0.25) is 5.95 Å². The second-order valence-corrected chi connectivity index (χ2v) is 7.58. The van der Waals surface area contributed by atoms with Crippen molar-refractivity contribution >= 4 is 34.6 Å². The largest absolute Gasteiger partial charge is 0.399 e. The number of ether oxygens (including phenoxy) is 1. The van der Waals surface area contributed by atoms with Gasteiger partial charge in [-0.05, 0) is 43.5 Å². The van der Waals surface area contributed by atoms with Crippen LogP contribution in [0.25, 0.3) is 11.2 Å². The van der Waals surface area contributed by atoms with Crippen LogP contribution in [-0.4, -0.2) is 58.1 Å². The molecule has 1 saturated heterocycles. The van der Waals surface area contributed by atoms with Gasteiger partial charge >= 0.3 is 0 Å². The van der Waals surface area contributed by atoms with Crippen LogP contribution in [0, 0.1) is 0 Å². The van der Waals surface area contributed by atoms with E-state index in [1.165, 1.54) is 0 Å². The van der Waals surface area contributed by atoms with Crippen LogP contribution in [-0.2, 0) is 11.3 Å². The third kappa shape index (κ3) is 4.51. The van der Waals surface area contributed by atoms with Gasteiger partial charge in [-0.15, -0.1) is 0 Å². The number of pyridine rings is 1. The van der Waals surface area contributed by atoms with E-state index in [1.54, 1.807) is 43.6 Å². The standard InChI is InChI=1S/C22H26N6O3/c1-31-11-5-10-28-19-18(13-16(14-24-19)21(30)27-8-2-3-9-27)25-22(28)26-20(29)15-6-4-7-17(23)12-15/h4,6-7,12-14H,2-3,5,8-11,23H2,1H3,(H,25,26,29). The van der Waals surface area contributed by atoms with Gasteiger partial charge in [-0.2, -0.15) is 0 Å². The van der Waals surface area contributed by atoms with Crippen molar-refractivity contribution in [2.75, 3.05) is 37.9 Å². The molecule has 3 heterocycles. The Hall–Kier alpha value is -3.46. The fourth-order valence-electron chi connectivity index (χ4n) is 3.76. The van der Waals surface area contributed by atoms with E-state index >= 15 is 0 Å². The number of nitrogens with one attached hydrogen (secondary N) is 1. The number of nitrogens with zero attached hydrogens (tertiary/aromatic N) is 4. The summed E-state index contributed by atoms with van der Waals surface area (Å²) < 4.78 is 6.99. The number of likely N-dealkylation sites (tertiary alicyclic amines) is 1. The molecule has 1 fully saturated rings. The number of carbonyl (C=O) groups excluding carboxylic acids is 2. The van der Waals surface area contributed by atoms with Crippen LogP contribution < -0.4 is 11.1 Å². The van der Waals surface area contributed by atoms with Gasteiger partial charge in [-0.25, -0.2) is 9.97 Å². The van der Waals surface area contributed by atoms with E-state index in [0.29, 0.717) is 47.1 Å². The van der Waals surface area contributed by atoms with Crippen molar-refractivity contribution in [3.05, 3.63) is 47.7 Å². The van der Waals surface area contributed by atoms with Crippen molar-refractivity contribution in [1.82, 2.24) is 19.4 Å². The Morgan fingerprint density at radius 3 is 2.74 bits per heavy atom. The van der Waals surface area contributed by atoms with E-state index in [-0.39, 0.29) is 11.8 Å². The topological polar surface area (TPSA) is 115 Å². The number of methoxy groups -OCH3 is 1. The number of hydrogen-bond donors (Lipinski definition) is 2. The quantitative estimate of drug-likeness (QED) is 0.447. The van der Waals surface area contributed by atoms with E-state index in [9.17, 15) is 9.59 Å². The molecule has 2 amide bonds. The molecule has 0 radical (unpaired) electrons. The first kappa shape index (κ1) is 20.8. The average molecular weight is 422 g/mol. The summed E-state index contributed by atoms with van der Waals surface area (Å²) in [5.41, 5.74) is 8.42. The van der Waals surface area contributed by atoms with Gasteiger partial charge in [-0.1, -0.05) is 6.07 Å². The molecule has 1 aliphatic heterocycles. The molecule has 2 aromatic heterocycles. The highest BCUT2D eigenvalue weighted by molar-refractivity contribution is 6.04. The molecule has 0 aliphatic carbocycles. The summed E-state index contributed by atoms with van der Waals surface area (Å²) in [6.45, 7) is 2.66. The lowest BCUT2D eigenvalue weighted by Gasteiger charge is -2.14. The second kappa shape index (κ2) is 9.13. The minimum atomic E-state index is -0.316. The van der Waals surface area contributed by atoms with Gasteiger partial charge in [0.15, 0.2) is 5.65 Å². The highest BCUT2D eigenvalue weighted by Crippen LogP contribution is 2.22. The van der Waals surface area contributed by atoms with Crippen LogP contribution in [0.5, 0.6) is 0 Å². The summed E-state index contributed by atoms with van der Waals surface area (Å²) in [6.07, 6.45) is 4.35. The Labute approximate surface area is 180 Å². The third-order valence-corrected chi connectivity index (χ3v) is 5.33. The minimum absolute atomic E-state index is 0.0359. The van der Waals surface area contributed by atoms with Gasteiger partial charge in [0.05, 0.1) is 5.56 Å². The number of benzene rings is 1.